The topological polar surface area (TPSA) is 34.0 Å². The molecule has 0 unspecified atom stereocenters. The number of hydrogen-bond acceptors (Lipinski definition) is 3. The molecule has 0 radical (unpaired) electrons. The highest BCUT2D eigenvalue weighted by Gasteiger charge is 2.57. The highest BCUT2D eigenvalue weighted by Crippen LogP contribution is 2.56. The van der Waals surface area contributed by atoms with E-state index in [0.717, 1.165) is 31.9 Å². The van der Waals surface area contributed by atoms with E-state index in [-0.39, 0.29) is 5.69 Å². The van der Waals surface area contributed by atoms with Crippen LogP contribution in [-0.2, 0) is 12.6 Å². The van der Waals surface area contributed by atoms with E-state index in [9.17, 15) is 13.2 Å². The van der Waals surface area contributed by atoms with Gasteiger partial charge in [0.05, 0.1) is 11.3 Å². The molecule has 0 spiro atoms. The molecule has 2 aromatic rings. The summed E-state index contributed by atoms with van der Waals surface area (Å²) in [5.41, 5.74) is 0.399. The zero-order chi connectivity index (χ0) is 19.6. The average molecular weight is 390 g/mol. The Morgan fingerprint density at radius 3 is 2.50 bits per heavy atom. The van der Waals surface area contributed by atoms with Gasteiger partial charge in [-0.1, -0.05) is 6.92 Å². The van der Waals surface area contributed by atoms with Crippen LogP contribution in [-0.4, -0.2) is 39.1 Å². The van der Waals surface area contributed by atoms with Crippen molar-refractivity contribution in [3.05, 3.63) is 35.5 Å². The van der Waals surface area contributed by atoms with Gasteiger partial charge in [-0.2, -0.15) is 13.2 Å². The second-order valence-corrected chi connectivity index (χ2v) is 8.62. The lowest BCUT2D eigenvalue weighted by Gasteiger charge is -2.18. The highest BCUT2D eigenvalue weighted by atomic mass is 19.4. The molecular formula is C21H25F3N4. The summed E-state index contributed by atoms with van der Waals surface area (Å²) in [5.74, 6) is 3.03. The predicted molar refractivity (Wildman–Crippen MR) is 99.8 cm³/mol. The van der Waals surface area contributed by atoms with Crippen molar-refractivity contribution >= 4 is 0 Å². The molecule has 3 aliphatic rings. The molecule has 2 aliphatic carbocycles. The molecule has 7 heteroatoms. The number of halogens is 3. The Balaban J connectivity index is 1.47. The molecule has 1 aliphatic heterocycles. The number of nitrogens with zero attached hydrogens (tertiary/aromatic N) is 4. The van der Waals surface area contributed by atoms with Crippen molar-refractivity contribution in [2.24, 2.45) is 17.8 Å². The maximum Gasteiger partial charge on any atom is 0.418 e. The van der Waals surface area contributed by atoms with E-state index in [1.54, 1.807) is 0 Å². The minimum atomic E-state index is -4.40. The van der Waals surface area contributed by atoms with Crippen molar-refractivity contribution in [2.75, 3.05) is 19.6 Å². The third-order valence-electron chi connectivity index (χ3n) is 6.66. The van der Waals surface area contributed by atoms with Gasteiger partial charge in [0, 0.05) is 49.2 Å². The summed E-state index contributed by atoms with van der Waals surface area (Å²) >= 11 is 0. The first-order chi connectivity index (χ1) is 13.3. The Bertz CT molecular complexity index is 888. The van der Waals surface area contributed by atoms with Gasteiger partial charge in [0.1, 0.15) is 5.82 Å². The Kier molecular flexibility index (Phi) is 4.09. The average Bonchev–Trinajstić information content (AvgIpc) is 3.49. The number of hydrogen-bond donors (Lipinski definition) is 0. The second kappa shape index (κ2) is 6.31. The van der Waals surface area contributed by atoms with Crippen LogP contribution < -0.4 is 0 Å². The lowest BCUT2D eigenvalue weighted by atomic mass is 10.1. The third-order valence-corrected chi connectivity index (χ3v) is 6.66. The summed E-state index contributed by atoms with van der Waals surface area (Å²) in [6, 6.07) is 1.65. The first-order valence-electron chi connectivity index (χ1n) is 10.2. The monoisotopic (exact) mass is 390 g/mol. The van der Waals surface area contributed by atoms with Gasteiger partial charge in [0.25, 0.3) is 0 Å². The van der Waals surface area contributed by atoms with Crippen LogP contribution in [0.5, 0.6) is 0 Å². The van der Waals surface area contributed by atoms with Crippen molar-refractivity contribution < 1.29 is 13.2 Å². The molecule has 3 fully saturated rings. The first-order valence-corrected chi connectivity index (χ1v) is 10.2. The number of imidazole rings is 1. The number of likely N-dealkylation sites (tertiary alicyclic amines) is 1. The summed E-state index contributed by atoms with van der Waals surface area (Å²) in [6.07, 6.45) is 2.48. The number of aromatic nitrogens is 3. The molecule has 1 saturated heterocycles. The molecule has 4 nitrogen and oxygen atoms in total. The smallest absolute Gasteiger partial charge is 0.331 e. The largest absolute Gasteiger partial charge is 0.418 e. The van der Waals surface area contributed by atoms with Gasteiger partial charge in [0.15, 0.2) is 0 Å². The fourth-order valence-corrected chi connectivity index (χ4v) is 4.77. The first kappa shape index (κ1) is 18.2. The molecule has 0 N–H and O–H groups in total. The molecule has 2 aromatic heterocycles. The molecule has 3 heterocycles. The molecule has 0 bridgehead atoms. The Morgan fingerprint density at radius 1 is 1.18 bits per heavy atom. The number of fused-ring (bicyclic) bond motifs is 1. The zero-order valence-electron chi connectivity index (χ0n) is 16.2. The highest BCUT2D eigenvalue weighted by molar-refractivity contribution is 5.59. The number of pyridine rings is 1. The van der Waals surface area contributed by atoms with Gasteiger partial charge >= 0.3 is 6.18 Å². The lowest BCUT2D eigenvalue weighted by molar-refractivity contribution is -0.138. The van der Waals surface area contributed by atoms with Crippen LogP contribution in [0.2, 0.25) is 0 Å². The van der Waals surface area contributed by atoms with E-state index < -0.39 is 11.7 Å². The molecular weight excluding hydrogens is 365 g/mol. The Labute approximate surface area is 162 Å². The zero-order valence-corrected chi connectivity index (χ0v) is 16.2. The molecule has 150 valence electrons. The number of alkyl halides is 3. The van der Waals surface area contributed by atoms with Gasteiger partial charge < -0.3 is 9.47 Å². The van der Waals surface area contributed by atoms with Gasteiger partial charge in [0.2, 0.25) is 0 Å². The SMILES string of the molecule is CCN1C[C@@H]2[C@H](C1)[C@H]2n1cc(-c2cnc(C)c(C(F)(F)F)c2)nc1CC1CC1. The third kappa shape index (κ3) is 3.13. The summed E-state index contributed by atoms with van der Waals surface area (Å²) in [5, 5.41) is 0. The maximum absolute atomic E-state index is 13.3. The number of aryl methyl sites for hydroxylation is 1. The molecule has 0 aromatic carbocycles. The van der Waals surface area contributed by atoms with E-state index in [2.05, 4.69) is 21.4 Å². The van der Waals surface area contributed by atoms with Crippen molar-refractivity contribution in [3.63, 3.8) is 0 Å². The summed E-state index contributed by atoms with van der Waals surface area (Å²) in [6.45, 7) is 6.91. The predicted octanol–water partition coefficient (Wildman–Crippen LogP) is 4.35. The van der Waals surface area contributed by atoms with E-state index in [0.29, 0.717) is 35.1 Å². The van der Waals surface area contributed by atoms with Crippen LogP contribution in [0.25, 0.3) is 11.3 Å². The summed E-state index contributed by atoms with van der Waals surface area (Å²) < 4.78 is 42.2. The van der Waals surface area contributed by atoms with Crippen molar-refractivity contribution in [1.29, 1.82) is 0 Å². The van der Waals surface area contributed by atoms with Crippen LogP contribution in [0.15, 0.2) is 18.5 Å². The molecule has 28 heavy (non-hydrogen) atoms. The van der Waals surface area contributed by atoms with Crippen LogP contribution in [0.1, 0.15) is 42.9 Å². The number of rotatable bonds is 5. The molecule has 3 atom stereocenters. The van der Waals surface area contributed by atoms with Gasteiger partial charge in [-0.15, -0.1) is 0 Å². The van der Waals surface area contributed by atoms with E-state index >= 15 is 0 Å². The molecule has 0 amide bonds. The van der Waals surface area contributed by atoms with Crippen LogP contribution in [0, 0.1) is 24.7 Å². The van der Waals surface area contributed by atoms with Gasteiger partial charge in [-0.05, 0) is 50.1 Å². The Morgan fingerprint density at radius 2 is 1.89 bits per heavy atom. The van der Waals surface area contributed by atoms with Crippen LogP contribution >= 0.6 is 0 Å². The van der Waals surface area contributed by atoms with E-state index in [4.69, 9.17) is 4.98 Å². The quantitative estimate of drug-likeness (QED) is 0.761. The fourth-order valence-electron chi connectivity index (χ4n) is 4.77. The van der Waals surface area contributed by atoms with Crippen molar-refractivity contribution in [3.8, 4) is 11.3 Å². The van der Waals surface area contributed by atoms with Crippen LogP contribution in [0.3, 0.4) is 0 Å². The maximum atomic E-state index is 13.3. The van der Waals surface area contributed by atoms with Crippen LogP contribution in [0.4, 0.5) is 13.2 Å². The van der Waals surface area contributed by atoms with Gasteiger partial charge in [-0.3, -0.25) is 4.98 Å². The van der Waals surface area contributed by atoms with Crippen molar-refractivity contribution in [1.82, 2.24) is 19.4 Å². The minimum absolute atomic E-state index is 0.00488. The summed E-state index contributed by atoms with van der Waals surface area (Å²) in [4.78, 5) is 11.3. The summed E-state index contributed by atoms with van der Waals surface area (Å²) in [7, 11) is 0. The number of piperidine rings is 1. The molecule has 2 saturated carbocycles. The minimum Gasteiger partial charge on any atom is -0.331 e. The Hall–Kier alpha value is -1.89. The van der Waals surface area contributed by atoms with E-state index in [1.807, 2.05) is 6.20 Å². The fraction of sp³-hybridized carbons (Fsp3) is 0.619. The normalized spacial score (nSPS) is 27.2. The standard InChI is InChI=1S/C21H25F3N4/c1-3-27-9-15-16(10-27)20(15)28-11-18(26-19(28)6-13-4-5-13)14-7-17(21(22,23)24)12(2)25-8-14/h7-8,11,13,15-16,20H,3-6,9-10H2,1-2H3/t15-,16+,20+. The second-order valence-electron chi connectivity index (χ2n) is 8.62. The van der Waals surface area contributed by atoms with Gasteiger partial charge in [-0.25, -0.2) is 4.98 Å². The van der Waals surface area contributed by atoms with E-state index in [1.165, 1.54) is 32.0 Å². The van der Waals surface area contributed by atoms with Crippen molar-refractivity contribution in [2.45, 2.75) is 45.3 Å². The lowest BCUT2D eigenvalue weighted by Crippen LogP contribution is -2.25. The molecule has 5 rings (SSSR count).